The first-order valence-corrected chi connectivity index (χ1v) is 7.46. The van der Waals surface area contributed by atoms with Crippen LogP contribution in [-0.4, -0.2) is 25.5 Å². The summed E-state index contributed by atoms with van der Waals surface area (Å²) in [5.74, 6) is 0.703. The van der Waals surface area contributed by atoms with Gasteiger partial charge in [0.15, 0.2) is 0 Å². The van der Waals surface area contributed by atoms with E-state index in [9.17, 15) is 4.79 Å². The number of hydrogen-bond donors (Lipinski definition) is 1. The van der Waals surface area contributed by atoms with Crippen molar-refractivity contribution in [1.29, 1.82) is 0 Å². The predicted octanol–water partition coefficient (Wildman–Crippen LogP) is 2.98. The first-order valence-electron chi connectivity index (χ1n) is 7.46. The van der Waals surface area contributed by atoms with E-state index in [0.717, 1.165) is 26.1 Å². The monoisotopic (exact) mass is 274 g/mol. The van der Waals surface area contributed by atoms with Crippen molar-refractivity contribution in [3.05, 3.63) is 29.8 Å². The van der Waals surface area contributed by atoms with Gasteiger partial charge in [0.1, 0.15) is 0 Å². The smallest absolute Gasteiger partial charge is 0.225 e. The number of nitrogens with one attached hydrogen (secondary N) is 1. The maximum absolute atomic E-state index is 11.9. The molecule has 110 valence electrons. The summed E-state index contributed by atoms with van der Waals surface area (Å²) in [5.41, 5.74) is 2.29. The molecule has 3 nitrogen and oxygen atoms in total. The first-order chi connectivity index (χ1) is 9.36. The maximum atomic E-state index is 11.9. The third-order valence-electron chi connectivity index (χ3n) is 3.92. The van der Waals surface area contributed by atoms with Crippen LogP contribution in [0.15, 0.2) is 24.3 Å². The maximum Gasteiger partial charge on any atom is 0.225 e. The molecule has 0 spiro atoms. The molecule has 1 heterocycles. The molecule has 1 N–H and O–H groups in total. The lowest BCUT2D eigenvalue weighted by atomic mass is 9.95. The van der Waals surface area contributed by atoms with Crippen molar-refractivity contribution in [2.45, 2.75) is 34.1 Å². The summed E-state index contributed by atoms with van der Waals surface area (Å²) in [6.45, 7) is 10.9. The van der Waals surface area contributed by atoms with E-state index in [1.807, 2.05) is 20.8 Å². The van der Waals surface area contributed by atoms with Gasteiger partial charge >= 0.3 is 0 Å². The van der Waals surface area contributed by atoms with Crippen LogP contribution >= 0.6 is 0 Å². The number of carbonyl (C=O) groups excluding carboxylic acids is 1. The molecular formula is C17H26N2O. The summed E-state index contributed by atoms with van der Waals surface area (Å²) in [5, 5.41) is 3.08. The molecule has 1 aromatic rings. The zero-order valence-electron chi connectivity index (χ0n) is 13.1. The number of aryl methyl sites for hydroxylation is 1. The minimum Gasteiger partial charge on any atom is -0.371 e. The van der Waals surface area contributed by atoms with Gasteiger partial charge < -0.3 is 10.2 Å². The molecule has 0 aliphatic carbocycles. The molecule has 20 heavy (non-hydrogen) atoms. The van der Waals surface area contributed by atoms with Crippen molar-refractivity contribution in [1.82, 2.24) is 5.32 Å². The fourth-order valence-corrected chi connectivity index (χ4v) is 2.49. The quantitative estimate of drug-likeness (QED) is 0.919. The molecule has 1 aliphatic heterocycles. The van der Waals surface area contributed by atoms with Gasteiger partial charge in [-0.2, -0.15) is 0 Å². The number of amides is 1. The van der Waals surface area contributed by atoms with Crippen molar-refractivity contribution in [3.8, 4) is 0 Å². The number of rotatable bonds is 3. The average Bonchev–Trinajstić information content (AvgIpc) is 2.84. The highest BCUT2D eigenvalue weighted by Gasteiger charge is 2.25. The van der Waals surface area contributed by atoms with Crippen molar-refractivity contribution in [2.24, 2.45) is 11.3 Å². The molecule has 0 aromatic heterocycles. The van der Waals surface area contributed by atoms with Crippen molar-refractivity contribution in [2.75, 3.05) is 24.5 Å². The molecule has 1 amide bonds. The second kappa shape index (κ2) is 5.86. The van der Waals surface area contributed by atoms with Gasteiger partial charge in [-0.05, 0) is 31.4 Å². The third-order valence-corrected chi connectivity index (χ3v) is 3.92. The minimum absolute atomic E-state index is 0.145. The van der Waals surface area contributed by atoms with E-state index < -0.39 is 0 Å². The van der Waals surface area contributed by atoms with Gasteiger partial charge in [0.25, 0.3) is 0 Å². The Morgan fingerprint density at radius 3 is 2.55 bits per heavy atom. The summed E-state index contributed by atoms with van der Waals surface area (Å²) >= 11 is 0. The fourth-order valence-electron chi connectivity index (χ4n) is 2.49. The van der Waals surface area contributed by atoms with Gasteiger partial charge in [0.05, 0.1) is 0 Å². The lowest BCUT2D eigenvalue weighted by molar-refractivity contribution is -0.128. The third kappa shape index (κ3) is 3.75. The van der Waals surface area contributed by atoms with Gasteiger partial charge in [0, 0.05) is 30.7 Å². The van der Waals surface area contributed by atoms with Gasteiger partial charge in [-0.1, -0.05) is 38.5 Å². The Labute approximate surface area is 122 Å². The Morgan fingerprint density at radius 2 is 1.95 bits per heavy atom. The van der Waals surface area contributed by atoms with E-state index >= 15 is 0 Å². The van der Waals surface area contributed by atoms with E-state index in [1.165, 1.54) is 11.3 Å². The molecule has 2 rings (SSSR count). The van der Waals surface area contributed by atoms with Gasteiger partial charge in [-0.25, -0.2) is 0 Å². The van der Waals surface area contributed by atoms with Crippen molar-refractivity contribution < 1.29 is 4.79 Å². The lowest BCUT2D eigenvalue weighted by Crippen LogP contribution is -2.38. The summed E-state index contributed by atoms with van der Waals surface area (Å²) in [7, 11) is 0. The summed E-state index contributed by atoms with van der Waals surface area (Å²) in [4.78, 5) is 14.3. The van der Waals surface area contributed by atoms with Crippen LogP contribution in [-0.2, 0) is 4.79 Å². The molecular weight excluding hydrogens is 248 g/mol. The number of hydrogen-bond acceptors (Lipinski definition) is 2. The number of anilines is 1. The molecule has 1 saturated heterocycles. The number of carbonyl (C=O) groups is 1. The average molecular weight is 274 g/mol. The van der Waals surface area contributed by atoms with Crippen LogP contribution in [0.5, 0.6) is 0 Å². The van der Waals surface area contributed by atoms with Crippen LogP contribution < -0.4 is 10.2 Å². The lowest BCUT2D eigenvalue weighted by Gasteiger charge is -2.21. The normalized spacial score (nSPS) is 19.2. The van der Waals surface area contributed by atoms with Gasteiger partial charge in [0.2, 0.25) is 5.91 Å². The highest BCUT2D eigenvalue weighted by Crippen LogP contribution is 2.24. The Bertz CT molecular complexity index is 459. The largest absolute Gasteiger partial charge is 0.371 e. The summed E-state index contributed by atoms with van der Waals surface area (Å²) in [6.07, 6.45) is 1.15. The van der Waals surface area contributed by atoms with Crippen LogP contribution in [0.1, 0.15) is 32.8 Å². The Morgan fingerprint density at radius 1 is 1.30 bits per heavy atom. The first kappa shape index (κ1) is 14.9. The molecule has 0 bridgehead atoms. The zero-order chi connectivity index (χ0) is 14.8. The topological polar surface area (TPSA) is 32.3 Å². The molecule has 1 fully saturated rings. The molecule has 1 aliphatic rings. The van der Waals surface area contributed by atoms with Gasteiger partial charge in [-0.3, -0.25) is 4.79 Å². The van der Waals surface area contributed by atoms with E-state index in [0.29, 0.717) is 5.92 Å². The number of benzene rings is 1. The minimum atomic E-state index is -0.296. The van der Waals surface area contributed by atoms with E-state index in [4.69, 9.17) is 0 Å². The van der Waals surface area contributed by atoms with E-state index in [-0.39, 0.29) is 11.3 Å². The van der Waals surface area contributed by atoms with E-state index in [1.54, 1.807) is 0 Å². The Hall–Kier alpha value is -1.51. The van der Waals surface area contributed by atoms with Crippen LogP contribution in [0.25, 0.3) is 0 Å². The van der Waals surface area contributed by atoms with Crippen LogP contribution in [0, 0.1) is 18.3 Å². The van der Waals surface area contributed by atoms with Gasteiger partial charge in [-0.15, -0.1) is 0 Å². The van der Waals surface area contributed by atoms with Crippen LogP contribution in [0.4, 0.5) is 5.69 Å². The summed E-state index contributed by atoms with van der Waals surface area (Å²) in [6, 6.07) is 8.69. The molecule has 3 heteroatoms. The highest BCUT2D eigenvalue weighted by atomic mass is 16.2. The van der Waals surface area contributed by atoms with Crippen LogP contribution in [0.3, 0.4) is 0 Å². The van der Waals surface area contributed by atoms with Crippen LogP contribution in [0.2, 0.25) is 0 Å². The summed E-state index contributed by atoms with van der Waals surface area (Å²) < 4.78 is 0. The van der Waals surface area contributed by atoms with Crippen molar-refractivity contribution >= 4 is 11.6 Å². The zero-order valence-corrected chi connectivity index (χ0v) is 13.1. The predicted molar refractivity (Wildman–Crippen MR) is 84.0 cm³/mol. The fraction of sp³-hybridized carbons (Fsp3) is 0.588. The molecule has 0 saturated carbocycles. The second-order valence-corrected chi connectivity index (χ2v) is 6.90. The highest BCUT2D eigenvalue weighted by molar-refractivity contribution is 5.81. The Balaban J connectivity index is 1.84. The molecule has 1 atom stereocenters. The SMILES string of the molecule is Cc1ccc(N2CCC(CNC(=O)C(C)(C)C)C2)cc1. The van der Waals surface area contributed by atoms with E-state index in [2.05, 4.69) is 41.4 Å². The molecule has 1 aromatic carbocycles. The number of nitrogens with zero attached hydrogens (tertiary/aromatic N) is 1. The standard InChI is InChI=1S/C17H26N2O/c1-13-5-7-15(8-6-13)19-10-9-14(12-19)11-18-16(20)17(2,3)4/h5-8,14H,9-12H2,1-4H3,(H,18,20). The molecule has 1 unspecified atom stereocenters. The molecule has 0 radical (unpaired) electrons. The second-order valence-electron chi connectivity index (χ2n) is 6.90. The van der Waals surface area contributed by atoms with Crippen molar-refractivity contribution in [3.63, 3.8) is 0 Å². The Kier molecular flexibility index (Phi) is 4.36.